The molecule has 2 aromatic carbocycles. The molecule has 0 saturated heterocycles. The maximum absolute atomic E-state index is 13.1. The van der Waals surface area contributed by atoms with Crippen molar-refractivity contribution in [2.24, 2.45) is 0 Å². The third kappa shape index (κ3) is 3.46. The van der Waals surface area contributed by atoms with E-state index in [1.165, 1.54) is 12.1 Å². The minimum absolute atomic E-state index is 0.105. The van der Waals surface area contributed by atoms with Crippen molar-refractivity contribution < 1.29 is 9.18 Å². The van der Waals surface area contributed by atoms with Gasteiger partial charge < -0.3 is 5.32 Å². The average Bonchev–Trinajstić information content (AvgIpc) is 2.40. The normalized spacial score (nSPS) is 10.3. The fourth-order valence-electron chi connectivity index (χ4n) is 1.58. The van der Waals surface area contributed by atoms with Crippen molar-refractivity contribution in [3.8, 4) is 0 Å². The lowest BCUT2D eigenvalue weighted by atomic mass is 10.2. The summed E-state index contributed by atoms with van der Waals surface area (Å²) in [6, 6.07) is 10.8. The molecule has 2 nitrogen and oxygen atoms in total. The highest BCUT2D eigenvalue weighted by molar-refractivity contribution is 6.33. The minimum Gasteiger partial charge on any atom is -0.348 e. The van der Waals surface area contributed by atoms with Crippen LogP contribution in [0, 0.1) is 5.82 Å². The van der Waals surface area contributed by atoms with Crippen LogP contribution in [-0.2, 0) is 6.54 Å². The SMILES string of the molecule is O=C(NCc1ccccc1Cl)c1cc(F)ccc1Cl. The molecule has 0 unspecified atom stereocenters. The van der Waals surface area contributed by atoms with Gasteiger partial charge in [0.2, 0.25) is 0 Å². The van der Waals surface area contributed by atoms with Crippen molar-refractivity contribution in [2.75, 3.05) is 0 Å². The van der Waals surface area contributed by atoms with Gasteiger partial charge in [-0.15, -0.1) is 0 Å². The van der Waals surface area contributed by atoms with Crippen LogP contribution in [0.15, 0.2) is 42.5 Å². The van der Waals surface area contributed by atoms with Crippen molar-refractivity contribution in [3.63, 3.8) is 0 Å². The Labute approximate surface area is 120 Å². The van der Waals surface area contributed by atoms with Crippen LogP contribution in [0.3, 0.4) is 0 Å². The Balaban J connectivity index is 2.10. The van der Waals surface area contributed by atoms with Crippen LogP contribution in [0.1, 0.15) is 15.9 Å². The number of amides is 1. The smallest absolute Gasteiger partial charge is 0.253 e. The second-order valence-corrected chi connectivity index (χ2v) is 4.71. The summed E-state index contributed by atoms with van der Waals surface area (Å²) in [5.41, 5.74) is 0.888. The molecule has 0 radical (unpaired) electrons. The molecule has 2 rings (SSSR count). The first kappa shape index (κ1) is 13.8. The van der Waals surface area contributed by atoms with Crippen molar-refractivity contribution in [1.29, 1.82) is 0 Å². The molecule has 0 atom stereocenters. The monoisotopic (exact) mass is 297 g/mol. The summed E-state index contributed by atoms with van der Waals surface area (Å²) in [6.45, 7) is 0.255. The second-order valence-electron chi connectivity index (χ2n) is 3.90. The first-order valence-electron chi connectivity index (χ1n) is 5.54. The molecule has 98 valence electrons. The number of hydrogen-bond acceptors (Lipinski definition) is 1. The van der Waals surface area contributed by atoms with Gasteiger partial charge in [0.1, 0.15) is 5.82 Å². The molecule has 0 aliphatic rings. The number of carbonyl (C=O) groups is 1. The van der Waals surface area contributed by atoms with Gasteiger partial charge in [-0.05, 0) is 29.8 Å². The van der Waals surface area contributed by atoms with E-state index < -0.39 is 11.7 Å². The Kier molecular flexibility index (Phi) is 4.40. The second kappa shape index (κ2) is 6.04. The molecule has 0 aliphatic carbocycles. The molecule has 19 heavy (non-hydrogen) atoms. The highest BCUT2D eigenvalue weighted by Gasteiger charge is 2.11. The van der Waals surface area contributed by atoms with Crippen molar-refractivity contribution >= 4 is 29.1 Å². The fraction of sp³-hybridized carbons (Fsp3) is 0.0714. The molecular weight excluding hydrogens is 288 g/mol. The Morgan fingerprint density at radius 2 is 1.84 bits per heavy atom. The van der Waals surface area contributed by atoms with Gasteiger partial charge >= 0.3 is 0 Å². The first-order chi connectivity index (χ1) is 9.08. The van der Waals surface area contributed by atoms with Gasteiger partial charge in [-0.25, -0.2) is 4.39 Å². The van der Waals surface area contributed by atoms with Crippen LogP contribution in [0.2, 0.25) is 10.0 Å². The van der Waals surface area contributed by atoms with Crippen LogP contribution in [0.4, 0.5) is 4.39 Å². The third-order valence-electron chi connectivity index (χ3n) is 2.57. The summed E-state index contributed by atoms with van der Waals surface area (Å²) in [5, 5.41) is 3.42. The summed E-state index contributed by atoms with van der Waals surface area (Å²) in [7, 11) is 0. The standard InChI is InChI=1S/C14H10Cl2FNO/c15-12-4-2-1-3-9(12)8-18-14(19)11-7-10(17)5-6-13(11)16/h1-7H,8H2,(H,18,19). The molecule has 1 amide bonds. The van der Waals surface area contributed by atoms with Crippen molar-refractivity contribution in [2.45, 2.75) is 6.54 Å². The Morgan fingerprint density at radius 3 is 2.58 bits per heavy atom. The van der Waals surface area contributed by atoms with E-state index in [9.17, 15) is 9.18 Å². The summed E-state index contributed by atoms with van der Waals surface area (Å²) in [5.74, 6) is -0.947. The molecule has 0 heterocycles. The molecule has 0 spiro atoms. The van der Waals surface area contributed by atoms with E-state index in [0.717, 1.165) is 11.6 Å². The van der Waals surface area contributed by atoms with Crippen LogP contribution in [0.5, 0.6) is 0 Å². The van der Waals surface area contributed by atoms with Gasteiger partial charge in [0, 0.05) is 11.6 Å². The quantitative estimate of drug-likeness (QED) is 0.909. The highest BCUT2D eigenvalue weighted by Crippen LogP contribution is 2.18. The van der Waals surface area contributed by atoms with Crippen LogP contribution in [0.25, 0.3) is 0 Å². The number of nitrogens with one attached hydrogen (secondary N) is 1. The highest BCUT2D eigenvalue weighted by atomic mass is 35.5. The van der Waals surface area contributed by atoms with Gasteiger partial charge in [-0.3, -0.25) is 4.79 Å². The van der Waals surface area contributed by atoms with E-state index in [1.54, 1.807) is 18.2 Å². The predicted octanol–water partition coefficient (Wildman–Crippen LogP) is 4.06. The summed E-state index contributed by atoms with van der Waals surface area (Å²) >= 11 is 11.8. The van der Waals surface area contributed by atoms with E-state index in [1.807, 2.05) is 6.07 Å². The van der Waals surface area contributed by atoms with Crippen molar-refractivity contribution in [1.82, 2.24) is 5.32 Å². The maximum Gasteiger partial charge on any atom is 0.253 e. The minimum atomic E-state index is -0.507. The lowest BCUT2D eigenvalue weighted by Gasteiger charge is -2.08. The topological polar surface area (TPSA) is 29.1 Å². The van der Waals surface area contributed by atoms with Gasteiger partial charge in [-0.1, -0.05) is 41.4 Å². The van der Waals surface area contributed by atoms with E-state index in [-0.39, 0.29) is 17.1 Å². The first-order valence-corrected chi connectivity index (χ1v) is 6.30. The number of rotatable bonds is 3. The lowest BCUT2D eigenvalue weighted by Crippen LogP contribution is -2.23. The van der Waals surface area contributed by atoms with Crippen LogP contribution < -0.4 is 5.32 Å². The van der Waals surface area contributed by atoms with Crippen molar-refractivity contribution in [3.05, 3.63) is 69.5 Å². The molecule has 0 bridgehead atoms. The zero-order valence-corrected chi connectivity index (χ0v) is 11.3. The average molecular weight is 298 g/mol. The zero-order chi connectivity index (χ0) is 13.8. The largest absolute Gasteiger partial charge is 0.348 e. The zero-order valence-electron chi connectivity index (χ0n) is 9.79. The maximum atomic E-state index is 13.1. The van der Waals surface area contributed by atoms with E-state index >= 15 is 0 Å². The van der Waals surface area contributed by atoms with E-state index in [2.05, 4.69) is 5.32 Å². The summed E-state index contributed by atoms with van der Waals surface area (Å²) < 4.78 is 13.1. The van der Waals surface area contributed by atoms with Gasteiger partial charge in [-0.2, -0.15) is 0 Å². The molecule has 0 saturated carbocycles. The Hall–Kier alpha value is -1.58. The number of hydrogen-bond donors (Lipinski definition) is 1. The number of benzene rings is 2. The van der Waals surface area contributed by atoms with Gasteiger partial charge in [0.25, 0.3) is 5.91 Å². The molecular formula is C14H10Cl2FNO. The van der Waals surface area contributed by atoms with E-state index in [0.29, 0.717) is 5.02 Å². The molecule has 0 fully saturated rings. The van der Waals surface area contributed by atoms with Crippen LogP contribution >= 0.6 is 23.2 Å². The summed E-state index contributed by atoms with van der Waals surface area (Å²) in [4.78, 5) is 11.9. The summed E-state index contributed by atoms with van der Waals surface area (Å²) in [6.07, 6.45) is 0. The predicted molar refractivity (Wildman–Crippen MR) is 74.0 cm³/mol. The molecule has 2 aromatic rings. The lowest BCUT2D eigenvalue weighted by molar-refractivity contribution is 0.0950. The van der Waals surface area contributed by atoms with Gasteiger partial charge in [0.05, 0.1) is 10.6 Å². The third-order valence-corrected chi connectivity index (χ3v) is 3.27. The molecule has 0 aliphatic heterocycles. The van der Waals surface area contributed by atoms with E-state index in [4.69, 9.17) is 23.2 Å². The number of halogens is 3. The van der Waals surface area contributed by atoms with Crippen LogP contribution in [-0.4, -0.2) is 5.91 Å². The Morgan fingerprint density at radius 1 is 1.11 bits per heavy atom. The molecule has 1 N–H and O–H groups in total. The molecule has 0 aromatic heterocycles. The number of carbonyl (C=O) groups excluding carboxylic acids is 1. The molecule has 5 heteroatoms. The fourth-order valence-corrected chi connectivity index (χ4v) is 1.99. The Bertz CT molecular complexity index is 616. The van der Waals surface area contributed by atoms with Gasteiger partial charge in [0.15, 0.2) is 0 Å².